The van der Waals surface area contributed by atoms with Crippen molar-refractivity contribution in [2.75, 3.05) is 0 Å². The standard InChI is InChI=1S/C12H11FIO3P.5FH2O3P/c13-18(15,16)17-14(11-7-3-1-4-8-11)12-9-5-2-6-10-12;5*1-5(2,3)4/h1-10H,(H,15,16);5*(H2,2,3,4). The van der Waals surface area contributed by atoms with E-state index < -0.39 is 67.7 Å². The van der Waals surface area contributed by atoms with Gasteiger partial charge in [-0.05, 0) is 0 Å². The zero-order chi connectivity index (χ0) is 35.5. The Kier molecular flexibility index (Phi) is 25.6. The molecule has 0 heterocycles. The molecule has 0 spiro atoms. The van der Waals surface area contributed by atoms with Gasteiger partial charge in [0, 0.05) is 0 Å². The number of rotatable bonds is 4. The summed E-state index contributed by atoms with van der Waals surface area (Å²) >= 11 is -2.66. The molecule has 2 aromatic carbocycles. The molecule has 0 amide bonds. The van der Waals surface area contributed by atoms with E-state index in [1.165, 1.54) is 0 Å². The smallest absolute Gasteiger partial charge is 0.299 e. The van der Waals surface area contributed by atoms with Gasteiger partial charge in [-0.2, -0.15) is 0 Å². The molecule has 43 heavy (non-hydrogen) atoms. The van der Waals surface area contributed by atoms with Crippen LogP contribution in [0, 0.1) is 7.14 Å². The molecule has 0 aromatic heterocycles. The number of hydrogen-bond acceptors (Lipinski definition) is 7. The molecular formula is C12H21F6IO18P6. The molecule has 0 saturated carbocycles. The first kappa shape index (κ1) is 49.5. The molecule has 0 bridgehead atoms. The number of hydrogen-bond donors (Lipinski definition) is 11. The van der Waals surface area contributed by atoms with Crippen LogP contribution < -0.4 is 0 Å². The van der Waals surface area contributed by atoms with Crippen molar-refractivity contribution in [1.29, 1.82) is 0 Å². The third kappa shape index (κ3) is 79.8. The van der Waals surface area contributed by atoms with Crippen LogP contribution in [0.5, 0.6) is 0 Å². The molecule has 0 radical (unpaired) electrons. The van der Waals surface area contributed by atoms with Gasteiger partial charge < -0.3 is 0 Å². The second kappa shape index (κ2) is 22.2. The molecule has 1 atom stereocenters. The molecule has 0 aliphatic heterocycles. The molecule has 256 valence electrons. The van der Waals surface area contributed by atoms with E-state index in [9.17, 15) is 29.7 Å². The quantitative estimate of drug-likeness (QED) is 0.115. The van der Waals surface area contributed by atoms with E-state index in [0.29, 0.717) is 0 Å². The monoisotopic (exact) mass is 880 g/mol. The Labute approximate surface area is 244 Å². The fraction of sp³-hybridized carbons (Fsp3) is 0. The van der Waals surface area contributed by atoms with Gasteiger partial charge in [0.15, 0.2) is 0 Å². The topological polar surface area (TPSA) is 334 Å². The van der Waals surface area contributed by atoms with E-state index in [1.54, 1.807) is 48.5 Å². The van der Waals surface area contributed by atoms with Crippen LogP contribution >= 0.6 is 67.7 Å². The van der Waals surface area contributed by atoms with Crippen molar-refractivity contribution in [3.63, 3.8) is 0 Å². The molecule has 1 unspecified atom stereocenters. The molecule has 11 N–H and O–H groups in total. The largest absolute Gasteiger partial charge is 0.507 e. The van der Waals surface area contributed by atoms with E-state index >= 15 is 0 Å². The molecule has 0 fully saturated rings. The fourth-order valence-corrected chi connectivity index (χ4v) is 7.36. The van der Waals surface area contributed by atoms with Gasteiger partial charge in [-0.15, -0.1) is 21.0 Å². The Morgan fingerprint density at radius 1 is 0.419 bits per heavy atom. The zero-order valence-electron chi connectivity index (χ0n) is 19.9. The summed E-state index contributed by atoms with van der Waals surface area (Å²) in [7, 11) is -30.7. The summed E-state index contributed by atoms with van der Waals surface area (Å²) in [4.78, 5) is 78.5. The summed E-state index contributed by atoms with van der Waals surface area (Å²) in [6.07, 6.45) is 0. The van der Waals surface area contributed by atoms with Crippen molar-refractivity contribution in [3.05, 3.63) is 67.8 Å². The Balaban J connectivity index is -0.000000251. The summed E-state index contributed by atoms with van der Waals surface area (Å²) < 4.78 is 125. The van der Waals surface area contributed by atoms with Crippen molar-refractivity contribution >= 4 is 67.7 Å². The van der Waals surface area contributed by atoms with Crippen LogP contribution in [-0.4, -0.2) is 53.8 Å². The second-order valence-corrected chi connectivity index (χ2v) is 16.6. The van der Waals surface area contributed by atoms with Crippen LogP contribution in [0.4, 0.5) is 25.2 Å². The van der Waals surface area contributed by atoms with Gasteiger partial charge in [-0.25, -0.2) is 22.8 Å². The van der Waals surface area contributed by atoms with Gasteiger partial charge in [0.2, 0.25) is 0 Å². The van der Waals surface area contributed by atoms with Crippen LogP contribution in [0.15, 0.2) is 60.7 Å². The maximum Gasteiger partial charge on any atom is 0.507 e. The normalized spacial score (nSPS) is 13.1. The van der Waals surface area contributed by atoms with Crippen molar-refractivity contribution < 1.29 is 109 Å². The van der Waals surface area contributed by atoms with Gasteiger partial charge in [-0.3, -0.25) is 48.9 Å². The van der Waals surface area contributed by atoms with Crippen molar-refractivity contribution in [2.24, 2.45) is 0 Å². The third-order valence-corrected chi connectivity index (χ3v) is 8.67. The summed E-state index contributed by atoms with van der Waals surface area (Å²) in [6, 6.07) is 18.0. The van der Waals surface area contributed by atoms with E-state index in [0.717, 1.165) is 7.14 Å². The Bertz CT molecular complexity index is 1110. The average molecular weight is 880 g/mol. The summed E-state index contributed by atoms with van der Waals surface area (Å²) in [5.74, 6) is 0. The third-order valence-electron chi connectivity index (χ3n) is 2.02. The van der Waals surface area contributed by atoms with Crippen molar-refractivity contribution in [1.82, 2.24) is 0 Å². The first-order chi connectivity index (χ1) is 18.6. The van der Waals surface area contributed by atoms with Gasteiger partial charge in [0.05, 0.1) is 0 Å². The molecule has 18 nitrogen and oxygen atoms in total. The van der Waals surface area contributed by atoms with E-state index in [4.69, 9.17) is 79.5 Å². The minimum absolute atomic E-state index is 0.778. The Morgan fingerprint density at radius 2 is 0.581 bits per heavy atom. The maximum absolute atomic E-state index is 12.9. The van der Waals surface area contributed by atoms with E-state index in [1.807, 2.05) is 12.1 Å². The first-order valence-corrected chi connectivity index (χ1v) is 20.9. The minimum atomic E-state index is -5.14. The predicted octanol–water partition coefficient (Wildman–Crippen LogP) is 4.48. The zero-order valence-corrected chi connectivity index (χ0v) is 27.4. The predicted molar refractivity (Wildman–Crippen MR) is 142 cm³/mol. The second-order valence-electron chi connectivity index (χ2n) is 5.73. The molecule has 2 aromatic rings. The van der Waals surface area contributed by atoms with Crippen molar-refractivity contribution in [2.45, 2.75) is 0 Å². The summed E-state index contributed by atoms with van der Waals surface area (Å²) in [5.41, 5.74) is 0. The van der Waals surface area contributed by atoms with Crippen LogP contribution in [0.25, 0.3) is 0 Å². The SMILES string of the molecule is O=P(O)(F)OI(c1ccccc1)c1ccccc1.O=P(O)(O)F.O=P(O)(O)F.O=P(O)(O)F.O=P(O)(O)F.O=P(O)(O)F. The molecule has 2 rings (SSSR count). The Hall–Kier alpha value is -0.350. The van der Waals surface area contributed by atoms with Crippen LogP contribution in [0.3, 0.4) is 0 Å². The van der Waals surface area contributed by atoms with E-state index in [-0.39, 0.29) is 0 Å². The average Bonchev–Trinajstić information content (AvgIpc) is 2.66. The summed E-state index contributed by atoms with van der Waals surface area (Å²) in [6.45, 7) is 0. The van der Waals surface area contributed by atoms with Crippen LogP contribution in [0.2, 0.25) is 0 Å². The minimum Gasteiger partial charge on any atom is -0.299 e. The number of halogens is 7. The van der Waals surface area contributed by atoms with Gasteiger partial charge in [-0.1, -0.05) is 0 Å². The number of benzene rings is 2. The maximum atomic E-state index is 12.9. The molecule has 0 aliphatic rings. The van der Waals surface area contributed by atoms with Crippen LogP contribution in [0.1, 0.15) is 0 Å². The Morgan fingerprint density at radius 3 is 0.721 bits per heavy atom. The molecular weight excluding hydrogens is 859 g/mol. The molecule has 0 aliphatic carbocycles. The van der Waals surface area contributed by atoms with Crippen LogP contribution in [-0.2, 0) is 30.2 Å². The fourth-order valence-electron chi connectivity index (χ4n) is 1.35. The van der Waals surface area contributed by atoms with Crippen molar-refractivity contribution in [3.8, 4) is 0 Å². The van der Waals surface area contributed by atoms with Gasteiger partial charge in [0.1, 0.15) is 0 Å². The molecule has 31 heteroatoms. The molecule has 0 saturated heterocycles. The van der Waals surface area contributed by atoms with Gasteiger partial charge >= 0.3 is 152 Å². The van der Waals surface area contributed by atoms with E-state index in [2.05, 4.69) is 0 Å². The first-order valence-electron chi connectivity index (χ1n) is 8.85. The van der Waals surface area contributed by atoms with Gasteiger partial charge in [0.25, 0.3) is 0 Å². The summed E-state index contributed by atoms with van der Waals surface area (Å²) in [5, 5.41) is 0.